The molecule has 0 saturated carbocycles. The van der Waals surface area contributed by atoms with Crippen LogP contribution in [-0.2, 0) is 4.79 Å². The van der Waals surface area contributed by atoms with Crippen molar-refractivity contribution in [1.82, 2.24) is 19.7 Å². The Morgan fingerprint density at radius 3 is 2.68 bits per heavy atom. The number of carbonyl (C=O) groups excluding carboxylic acids is 1. The van der Waals surface area contributed by atoms with E-state index in [4.69, 9.17) is 27.9 Å². The highest BCUT2D eigenvalue weighted by atomic mass is 35.5. The van der Waals surface area contributed by atoms with Crippen molar-refractivity contribution in [3.63, 3.8) is 0 Å². The summed E-state index contributed by atoms with van der Waals surface area (Å²) in [6, 6.07) is 4.75. The van der Waals surface area contributed by atoms with Gasteiger partial charge in [-0.25, -0.2) is 9.37 Å². The molecule has 0 bridgehead atoms. The number of carbonyl (C=O) groups is 1. The van der Waals surface area contributed by atoms with Gasteiger partial charge in [0.15, 0.2) is 11.6 Å². The zero-order valence-electron chi connectivity index (χ0n) is 19.2. The second-order valence-electron chi connectivity index (χ2n) is 8.51. The largest absolute Gasteiger partial charge is 0.482 e. The van der Waals surface area contributed by atoms with Gasteiger partial charge in [0.05, 0.1) is 17.3 Å². The molecule has 10 heteroatoms. The Kier molecular flexibility index (Phi) is 7.40. The Bertz CT molecular complexity index is 1190. The summed E-state index contributed by atoms with van der Waals surface area (Å²) in [5.74, 6) is -0.334. The number of hydrogen-bond acceptors (Lipinski definition) is 5. The van der Waals surface area contributed by atoms with Gasteiger partial charge in [0, 0.05) is 41.0 Å². The Morgan fingerprint density at radius 1 is 1.24 bits per heavy atom. The van der Waals surface area contributed by atoms with Crippen LogP contribution in [0.5, 0.6) is 5.75 Å². The molecule has 1 aromatic carbocycles. The van der Waals surface area contributed by atoms with E-state index in [1.54, 1.807) is 25.4 Å². The van der Waals surface area contributed by atoms with Crippen LogP contribution in [-0.4, -0.2) is 45.7 Å². The van der Waals surface area contributed by atoms with Crippen molar-refractivity contribution < 1.29 is 13.9 Å². The number of nitrogens with zero attached hydrogens (tertiary/aromatic N) is 4. The molecule has 4 rings (SSSR count). The number of anilines is 1. The number of amides is 1. The van der Waals surface area contributed by atoms with Crippen LogP contribution in [0, 0.1) is 5.82 Å². The van der Waals surface area contributed by atoms with Gasteiger partial charge in [-0.2, -0.15) is 5.10 Å². The number of rotatable bonds is 6. The molecular weight excluding hydrogens is 480 g/mol. The smallest absolute Gasteiger partial charge is 0.222 e. The fourth-order valence-corrected chi connectivity index (χ4v) is 4.74. The van der Waals surface area contributed by atoms with Crippen LogP contribution in [0.4, 0.5) is 10.2 Å². The summed E-state index contributed by atoms with van der Waals surface area (Å²) in [6.07, 6.45) is 6.82. The van der Waals surface area contributed by atoms with Gasteiger partial charge in [0.25, 0.3) is 0 Å². The first kappa shape index (κ1) is 24.4. The molecule has 1 saturated heterocycles. The monoisotopic (exact) mass is 505 g/mol. The van der Waals surface area contributed by atoms with E-state index >= 15 is 0 Å². The van der Waals surface area contributed by atoms with Crippen LogP contribution in [0.3, 0.4) is 0 Å². The van der Waals surface area contributed by atoms with E-state index in [1.165, 1.54) is 19.1 Å². The summed E-state index contributed by atoms with van der Waals surface area (Å²) in [5, 5.41) is 7.41. The highest BCUT2D eigenvalue weighted by Gasteiger charge is 2.22. The van der Waals surface area contributed by atoms with E-state index < -0.39 is 11.9 Å². The van der Waals surface area contributed by atoms with Gasteiger partial charge in [0.1, 0.15) is 11.9 Å². The van der Waals surface area contributed by atoms with Crippen molar-refractivity contribution in [1.29, 1.82) is 0 Å². The zero-order chi connectivity index (χ0) is 24.4. The SMILES string of the molecule is CC(=O)Nc1ncc(-c2cnn(C3CCN(C)CC3)c2)cc1OC(C)c1c(Cl)ccc(F)c1Cl. The minimum Gasteiger partial charge on any atom is -0.482 e. The lowest BCUT2D eigenvalue weighted by atomic mass is 10.1. The number of nitrogens with one attached hydrogen (secondary N) is 1. The van der Waals surface area contributed by atoms with E-state index in [1.807, 2.05) is 10.9 Å². The summed E-state index contributed by atoms with van der Waals surface area (Å²) in [5.41, 5.74) is 1.96. The normalized spacial score (nSPS) is 15.8. The average Bonchev–Trinajstić information content (AvgIpc) is 3.28. The Morgan fingerprint density at radius 2 is 1.97 bits per heavy atom. The average molecular weight is 506 g/mol. The molecule has 1 N–H and O–H groups in total. The maximum atomic E-state index is 14.0. The van der Waals surface area contributed by atoms with Gasteiger partial charge in [-0.3, -0.25) is 9.48 Å². The van der Waals surface area contributed by atoms with Crippen molar-refractivity contribution in [3.8, 4) is 16.9 Å². The maximum Gasteiger partial charge on any atom is 0.222 e. The molecule has 1 atom stereocenters. The van der Waals surface area contributed by atoms with Crippen molar-refractivity contribution >= 4 is 34.9 Å². The van der Waals surface area contributed by atoms with Crippen molar-refractivity contribution in [2.45, 2.75) is 38.8 Å². The Labute approximate surface area is 207 Å². The van der Waals surface area contributed by atoms with Crippen molar-refractivity contribution in [3.05, 3.63) is 58.2 Å². The van der Waals surface area contributed by atoms with Gasteiger partial charge in [-0.15, -0.1) is 0 Å². The summed E-state index contributed by atoms with van der Waals surface area (Å²) in [6.45, 7) is 5.16. The number of halogens is 3. The summed E-state index contributed by atoms with van der Waals surface area (Å²) in [7, 11) is 2.12. The number of aromatic nitrogens is 3. The molecule has 2 aromatic heterocycles. The molecule has 180 valence electrons. The van der Waals surface area contributed by atoms with Crippen LogP contribution in [0.1, 0.15) is 44.4 Å². The molecule has 7 nitrogen and oxygen atoms in total. The standard InChI is InChI=1S/C24H26Cl2FN5O2/c1-14(22-19(25)4-5-20(27)23(22)26)34-21-10-16(11-28-24(21)30-15(2)33)17-12-29-32(13-17)18-6-8-31(3)9-7-18/h4-5,10-14,18H,6-9H2,1-3H3,(H,28,30,33). The highest BCUT2D eigenvalue weighted by Crippen LogP contribution is 2.37. The molecule has 0 aliphatic carbocycles. The molecule has 1 amide bonds. The predicted molar refractivity (Wildman–Crippen MR) is 131 cm³/mol. The van der Waals surface area contributed by atoms with Crippen molar-refractivity contribution in [2.75, 3.05) is 25.5 Å². The number of piperidine rings is 1. The molecule has 1 fully saturated rings. The summed E-state index contributed by atoms with van der Waals surface area (Å²) < 4.78 is 22.1. The van der Waals surface area contributed by atoms with Gasteiger partial charge in [0.2, 0.25) is 5.91 Å². The summed E-state index contributed by atoms with van der Waals surface area (Å²) >= 11 is 12.4. The lowest BCUT2D eigenvalue weighted by Gasteiger charge is -2.28. The number of pyridine rings is 1. The zero-order valence-corrected chi connectivity index (χ0v) is 20.7. The van der Waals surface area contributed by atoms with E-state index in [2.05, 4.69) is 27.3 Å². The topological polar surface area (TPSA) is 72.3 Å². The first-order valence-corrected chi connectivity index (χ1v) is 11.8. The van der Waals surface area contributed by atoms with E-state index in [9.17, 15) is 9.18 Å². The van der Waals surface area contributed by atoms with E-state index in [-0.39, 0.29) is 21.8 Å². The third kappa shape index (κ3) is 5.35. The van der Waals surface area contributed by atoms with Crippen LogP contribution in [0.25, 0.3) is 11.1 Å². The number of ether oxygens (including phenoxy) is 1. The van der Waals surface area contributed by atoms with Crippen LogP contribution >= 0.6 is 23.2 Å². The number of hydrogen-bond donors (Lipinski definition) is 1. The fourth-order valence-electron chi connectivity index (χ4n) is 4.06. The third-order valence-corrected chi connectivity index (χ3v) is 6.65. The quantitative estimate of drug-likeness (QED) is 0.431. The predicted octanol–water partition coefficient (Wildman–Crippen LogP) is 5.76. The van der Waals surface area contributed by atoms with Crippen LogP contribution in [0.2, 0.25) is 10.0 Å². The molecule has 1 aliphatic heterocycles. The lowest BCUT2D eigenvalue weighted by Crippen LogP contribution is -2.31. The Balaban J connectivity index is 1.63. The molecule has 34 heavy (non-hydrogen) atoms. The maximum absolute atomic E-state index is 14.0. The third-order valence-electron chi connectivity index (χ3n) is 5.93. The molecule has 1 aliphatic rings. The number of likely N-dealkylation sites (tertiary alicyclic amines) is 1. The highest BCUT2D eigenvalue weighted by molar-refractivity contribution is 6.36. The van der Waals surface area contributed by atoms with Gasteiger partial charge in [-0.1, -0.05) is 23.2 Å². The first-order valence-electron chi connectivity index (χ1n) is 11.0. The number of benzene rings is 1. The minimum atomic E-state index is -0.706. The fraction of sp³-hybridized carbons (Fsp3) is 0.375. The minimum absolute atomic E-state index is 0.107. The van der Waals surface area contributed by atoms with Gasteiger partial charge < -0.3 is 15.0 Å². The van der Waals surface area contributed by atoms with E-state index in [0.717, 1.165) is 37.1 Å². The summed E-state index contributed by atoms with van der Waals surface area (Å²) in [4.78, 5) is 18.4. The molecule has 3 heterocycles. The van der Waals surface area contributed by atoms with Gasteiger partial charge >= 0.3 is 0 Å². The second kappa shape index (κ2) is 10.3. The molecule has 0 spiro atoms. The molecule has 1 unspecified atom stereocenters. The molecule has 3 aromatic rings. The van der Waals surface area contributed by atoms with Crippen LogP contribution < -0.4 is 10.1 Å². The second-order valence-corrected chi connectivity index (χ2v) is 9.30. The Hall–Kier alpha value is -2.68. The van der Waals surface area contributed by atoms with Crippen molar-refractivity contribution in [2.24, 2.45) is 0 Å². The first-order chi connectivity index (χ1) is 16.2. The van der Waals surface area contributed by atoms with E-state index in [0.29, 0.717) is 17.4 Å². The molecular formula is C24H26Cl2FN5O2. The van der Waals surface area contributed by atoms with Crippen LogP contribution in [0.15, 0.2) is 36.8 Å². The molecule has 0 radical (unpaired) electrons. The van der Waals surface area contributed by atoms with Gasteiger partial charge in [-0.05, 0) is 58.1 Å². The lowest BCUT2D eigenvalue weighted by molar-refractivity contribution is -0.114.